The molecule has 0 unspecified atom stereocenters. The van der Waals surface area contributed by atoms with Gasteiger partial charge in [0.1, 0.15) is 0 Å². The van der Waals surface area contributed by atoms with Crippen LogP contribution in [0.4, 0.5) is 0 Å². The van der Waals surface area contributed by atoms with E-state index in [4.69, 9.17) is 0 Å². The van der Waals surface area contributed by atoms with E-state index in [2.05, 4.69) is 208 Å². The Morgan fingerprint density at radius 2 is 0.780 bits per heavy atom. The third kappa shape index (κ3) is 4.44. The van der Waals surface area contributed by atoms with E-state index in [1.807, 2.05) is 0 Å². The topological polar surface area (TPSA) is 0 Å². The molecule has 0 atom stereocenters. The van der Waals surface area contributed by atoms with Gasteiger partial charge in [0.2, 0.25) is 0 Å². The summed E-state index contributed by atoms with van der Waals surface area (Å²) in [7, 11) is 0. The monoisotopic (exact) mass is 746 g/mol. The Kier molecular flexibility index (Phi) is 6.60. The van der Waals surface area contributed by atoms with Crippen molar-refractivity contribution in [2.24, 2.45) is 0 Å². The molecule has 0 amide bonds. The van der Waals surface area contributed by atoms with Gasteiger partial charge in [-0.15, -0.1) is 0 Å². The highest BCUT2D eigenvalue weighted by Gasteiger charge is 2.35. The van der Waals surface area contributed by atoms with E-state index in [1.54, 1.807) is 0 Å². The van der Waals surface area contributed by atoms with Gasteiger partial charge in [-0.05, 0) is 143 Å². The highest BCUT2D eigenvalue weighted by Crippen LogP contribution is 2.53. The van der Waals surface area contributed by atoms with Crippen LogP contribution in [0.1, 0.15) is 25.0 Å². The van der Waals surface area contributed by atoms with Crippen LogP contribution in [0.15, 0.2) is 194 Å². The van der Waals surface area contributed by atoms with Crippen molar-refractivity contribution in [3.63, 3.8) is 0 Å². The highest BCUT2D eigenvalue weighted by atomic mass is 14.4. The van der Waals surface area contributed by atoms with Crippen LogP contribution < -0.4 is 0 Å². The molecule has 0 radical (unpaired) electrons. The van der Waals surface area contributed by atoms with E-state index < -0.39 is 0 Å². The predicted molar refractivity (Wildman–Crippen MR) is 254 cm³/mol. The van der Waals surface area contributed by atoms with Crippen LogP contribution in [0.5, 0.6) is 0 Å². The summed E-state index contributed by atoms with van der Waals surface area (Å²) >= 11 is 0. The molecule has 59 heavy (non-hydrogen) atoms. The first-order valence-electron chi connectivity index (χ1n) is 20.8. The number of benzene rings is 12. The Morgan fingerprint density at radius 1 is 0.271 bits per heavy atom. The SMILES string of the molecule is CC1(C)c2ccccc2-c2ccc(-c3c4ccccc4c(-c4ccc5c6cccc7cccc(c8cccc4c85)c76)c4ccc(-c5cccc6ccccc56)cc34)cc21. The summed E-state index contributed by atoms with van der Waals surface area (Å²) in [6, 6.07) is 73.4. The van der Waals surface area contributed by atoms with Crippen molar-refractivity contribution in [3.8, 4) is 44.5 Å². The van der Waals surface area contributed by atoms with E-state index in [0.717, 1.165) is 0 Å². The summed E-state index contributed by atoms with van der Waals surface area (Å²) in [5, 5.41) is 18.2. The Morgan fingerprint density at radius 3 is 1.61 bits per heavy atom. The van der Waals surface area contributed by atoms with E-state index >= 15 is 0 Å². The van der Waals surface area contributed by atoms with E-state index in [9.17, 15) is 0 Å². The first kappa shape index (κ1) is 32.8. The van der Waals surface area contributed by atoms with Crippen LogP contribution in [-0.2, 0) is 5.41 Å². The van der Waals surface area contributed by atoms with Gasteiger partial charge in [-0.3, -0.25) is 0 Å². The summed E-state index contributed by atoms with van der Waals surface area (Å²) in [5.74, 6) is 0. The van der Waals surface area contributed by atoms with Gasteiger partial charge in [0.25, 0.3) is 0 Å². The second-order valence-electron chi connectivity index (χ2n) is 17.1. The Hall–Kier alpha value is -7.28. The lowest BCUT2D eigenvalue weighted by Crippen LogP contribution is -2.14. The normalized spacial score (nSPS) is 13.4. The Labute approximate surface area is 342 Å². The first-order valence-corrected chi connectivity index (χ1v) is 20.8. The van der Waals surface area contributed by atoms with Crippen LogP contribution >= 0.6 is 0 Å². The van der Waals surface area contributed by atoms with E-state index in [1.165, 1.54) is 131 Å². The minimum absolute atomic E-state index is 0.103. The zero-order valence-electron chi connectivity index (χ0n) is 33.0. The molecule has 0 bridgehead atoms. The molecule has 0 fully saturated rings. The van der Waals surface area contributed by atoms with Gasteiger partial charge < -0.3 is 0 Å². The molecule has 0 spiro atoms. The number of hydrogen-bond acceptors (Lipinski definition) is 0. The van der Waals surface area contributed by atoms with Crippen molar-refractivity contribution < 1.29 is 0 Å². The second-order valence-corrected chi connectivity index (χ2v) is 17.1. The van der Waals surface area contributed by atoms with Gasteiger partial charge in [-0.2, -0.15) is 0 Å². The maximum absolute atomic E-state index is 2.50. The molecule has 13 rings (SSSR count). The summed E-state index contributed by atoms with van der Waals surface area (Å²) < 4.78 is 0. The van der Waals surface area contributed by atoms with Crippen molar-refractivity contribution in [1.82, 2.24) is 0 Å². The number of hydrogen-bond donors (Lipinski definition) is 0. The molecule has 0 nitrogen and oxygen atoms in total. The molecule has 0 saturated heterocycles. The predicted octanol–water partition coefficient (Wildman–Crippen LogP) is 16.5. The summed E-state index contributed by atoms with van der Waals surface area (Å²) in [6.45, 7) is 4.77. The number of rotatable bonds is 3. The zero-order chi connectivity index (χ0) is 39.0. The molecule has 12 aromatic carbocycles. The van der Waals surface area contributed by atoms with Gasteiger partial charge in [0.15, 0.2) is 0 Å². The molecular formula is C59H38. The van der Waals surface area contributed by atoms with Crippen molar-refractivity contribution in [2.45, 2.75) is 19.3 Å². The van der Waals surface area contributed by atoms with Crippen LogP contribution in [0, 0.1) is 0 Å². The van der Waals surface area contributed by atoms with Crippen LogP contribution in [0.3, 0.4) is 0 Å². The van der Waals surface area contributed by atoms with Gasteiger partial charge in [0, 0.05) is 5.41 Å². The first-order chi connectivity index (χ1) is 29.0. The Bertz CT molecular complexity index is 3690. The smallest absolute Gasteiger partial charge is 0.0159 e. The zero-order valence-corrected chi connectivity index (χ0v) is 33.0. The Balaban J connectivity index is 1.16. The number of fused-ring (bicyclic) bond motifs is 8. The van der Waals surface area contributed by atoms with Gasteiger partial charge in [-0.1, -0.05) is 196 Å². The molecule has 274 valence electrons. The maximum atomic E-state index is 2.50. The van der Waals surface area contributed by atoms with Gasteiger partial charge >= 0.3 is 0 Å². The highest BCUT2D eigenvalue weighted by molar-refractivity contribution is 6.35. The fraction of sp³-hybridized carbons (Fsp3) is 0.0508. The van der Waals surface area contributed by atoms with Crippen molar-refractivity contribution in [1.29, 1.82) is 0 Å². The van der Waals surface area contributed by atoms with Crippen LogP contribution in [0.25, 0.3) is 120 Å². The molecule has 0 aliphatic heterocycles. The average Bonchev–Trinajstić information content (AvgIpc) is 3.52. The molecule has 0 saturated carbocycles. The molecule has 1 aliphatic carbocycles. The van der Waals surface area contributed by atoms with Gasteiger partial charge in [-0.25, -0.2) is 0 Å². The maximum Gasteiger partial charge on any atom is 0.0159 e. The van der Waals surface area contributed by atoms with Gasteiger partial charge in [0.05, 0.1) is 0 Å². The summed E-state index contributed by atoms with van der Waals surface area (Å²) in [6.07, 6.45) is 0. The molecule has 12 aromatic rings. The lowest BCUT2D eigenvalue weighted by molar-refractivity contribution is 0.660. The van der Waals surface area contributed by atoms with Crippen LogP contribution in [0.2, 0.25) is 0 Å². The molecule has 0 heterocycles. The molecular weight excluding hydrogens is 709 g/mol. The lowest BCUT2D eigenvalue weighted by atomic mass is 9.79. The minimum Gasteiger partial charge on any atom is -0.0619 e. The average molecular weight is 747 g/mol. The molecule has 0 heteroatoms. The fourth-order valence-electron chi connectivity index (χ4n) is 11.1. The molecule has 1 aliphatic rings. The molecule has 0 N–H and O–H groups in total. The summed E-state index contributed by atoms with van der Waals surface area (Å²) in [5.41, 5.74) is 13.0. The third-order valence-corrected chi connectivity index (χ3v) is 13.8. The second kappa shape index (κ2) is 11.9. The van der Waals surface area contributed by atoms with Crippen LogP contribution in [-0.4, -0.2) is 0 Å². The van der Waals surface area contributed by atoms with Crippen molar-refractivity contribution in [2.75, 3.05) is 0 Å². The quantitative estimate of drug-likeness (QED) is 0.125. The summed E-state index contributed by atoms with van der Waals surface area (Å²) in [4.78, 5) is 0. The van der Waals surface area contributed by atoms with E-state index in [0.29, 0.717) is 0 Å². The molecule has 0 aromatic heterocycles. The largest absolute Gasteiger partial charge is 0.0619 e. The standard InChI is InChI=1S/C59H38/c1-59(2)53-26-8-7-18-41(53)42-29-28-38(34-54(42)59)56-43-19-5-6-20-46(43)58(51-30-27-37(33-52(51)56)40-21-9-14-35-13-3-4-17-39(35)40)50-32-31-49-45-23-11-16-36-15-10-22-44(55(36)45)47-24-12-25-48(50)57(47)49/h3-34H,1-2H3. The van der Waals surface area contributed by atoms with Crippen molar-refractivity contribution >= 4 is 75.4 Å². The van der Waals surface area contributed by atoms with Crippen molar-refractivity contribution in [3.05, 3.63) is 205 Å². The third-order valence-electron chi connectivity index (χ3n) is 13.8. The fourth-order valence-corrected chi connectivity index (χ4v) is 11.1. The van der Waals surface area contributed by atoms with E-state index in [-0.39, 0.29) is 5.41 Å². The lowest BCUT2D eigenvalue weighted by Gasteiger charge is -2.23. The minimum atomic E-state index is -0.103.